The van der Waals surface area contributed by atoms with Crippen LogP contribution in [-0.4, -0.2) is 75.5 Å². The third-order valence-electron chi connectivity index (χ3n) is 5.69. The Morgan fingerprint density at radius 2 is 1.65 bits per heavy atom. The van der Waals surface area contributed by atoms with Gasteiger partial charge in [-0.05, 0) is 24.5 Å². The predicted molar refractivity (Wildman–Crippen MR) is 113 cm³/mol. The molecule has 34 heavy (non-hydrogen) atoms. The molecule has 0 saturated carbocycles. The number of hydrogen-bond donors (Lipinski definition) is 3. The van der Waals surface area contributed by atoms with Crippen molar-refractivity contribution in [3.05, 3.63) is 47.3 Å². The maximum atomic E-state index is 13.7. The van der Waals surface area contributed by atoms with Crippen molar-refractivity contribution in [2.75, 3.05) is 19.6 Å². The Morgan fingerprint density at radius 3 is 2.21 bits per heavy atom. The van der Waals surface area contributed by atoms with E-state index in [0.29, 0.717) is 37.9 Å². The number of amides is 2. The molecule has 2 amide bonds. The fraction of sp³-hybridized carbons (Fsp3) is 0.455. The minimum Gasteiger partial charge on any atom is -0.478 e. The molecule has 0 aromatic heterocycles. The first-order valence-electron chi connectivity index (χ1n) is 10.5. The predicted octanol–water partition coefficient (Wildman–Crippen LogP) is 1.15. The lowest BCUT2D eigenvalue weighted by Gasteiger charge is -2.26. The second kappa shape index (κ2) is 11.6. The van der Waals surface area contributed by atoms with E-state index in [2.05, 4.69) is 0 Å². The molecule has 0 spiro atoms. The standard InChI is InChI=1S/C18H22F3N3O2.C4H4O4/c1-10(25)23-8-11-2-3-24(17(11)9-23)18(26)6-13(22)4-12-5-15(20)16(21)7-14(12)19;5-3(6)1-2-4(7)8/h5,7,11,13,17H,2-4,6,8-9,22H2,1H3;1-2H,(H,5,6)(H,7,8)/t11-,13?,17+;/m0./s1. The van der Waals surface area contributed by atoms with Gasteiger partial charge in [-0.3, -0.25) is 9.59 Å². The number of rotatable bonds is 6. The molecule has 0 radical (unpaired) electrons. The molecule has 9 nitrogen and oxygen atoms in total. The second-order valence-electron chi connectivity index (χ2n) is 8.16. The number of aliphatic carboxylic acids is 2. The van der Waals surface area contributed by atoms with Crippen molar-refractivity contribution in [2.24, 2.45) is 11.7 Å². The first-order valence-corrected chi connectivity index (χ1v) is 10.5. The number of fused-ring (bicyclic) bond motifs is 1. The van der Waals surface area contributed by atoms with Crippen molar-refractivity contribution >= 4 is 23.8 Å². The molecule has 2 fully saturated rings. The lowest BCUT2D eigenvalue weighted by Crippen LogP contribution is -2.42. The summed E-state index contributed by atoms with van der Waals surface area (Å²) in [5.41, 5.74) is 5.90. The lowest BCUT2D eigenvalue weighted by molar-refractivity contribution is -0.134. The largest absolute Gasteiger partial charge is 0.478 e. The zero-order valence-corrected chi connectivity index (χ0v) is 18.4. The average molecular weight is 485 g/mol. The molecule has 1 aromatic rings. The number of carboxylic acids is 2. The highest BCUT2D eigenvalue weighted by Gasteiger charge is 2.43. The molecule has 0 bridgehead atoms. The fourth-order valence-corrected chi connectivity index (χ4v) is 4.09. The van der Waals surface area contributed by atoms with Gasteiger partial charge in [0.1, 0.15) is 5.82 Å². The number of halogens is 3. The van der Waals surface area contributed by atoms with Crippen molar-refractivity contribution in [1.82, 2.24) is 9.80 Å². The quantitative estimate of drug-likeness (QED) is 0.406. The number of likely N-dealkylation sites (tertiary alicyclic amines) is 2. The molecule has 4 N–H and O–H groups in total. The molecule has 186 valence electrons. The molecule has 2 aliphatic rings. The van der Waals surface area contributed by atoms with E-state index in [1.54, 1.807) is 9.80 Å². The van der Waals surface area contributed by atoms with Crippen molar-refractivity contribution in [2.45, 2.75) is 38.3 Å². The van der Waals surface area contributed by atoms with Crippen LogP contribution in [0.5, 0.6) is 0 Å². The molecule has 2 heterocycles. The molecule has 1 unspecified atom stereocenters. The number of nitrogens with two attached hydrogens (primary N) is 1. The van der Waals surface area contributed by atoms with Crippen LogP contribution in [-0.2, 0) is 25.6 Å². The third kappa shape index (κ3) is 7.30. The summed E-state index contributed by atoms with van der Waals surface area (Å²) in [6.07, 6.45) is 1.88. The first kappa shape index (κ1) is 26.8. The van der Waals surface area contributed by atoms with Crippen molar-refractivity contribution in [3.8, 4) is 0 Å². The summed E-state index contributed by atoms with van der Waals surface area (Å²) in [6.45, 7) is 3.32. The summed E-state index contributed by atoms with van der Waals surface area (Å²) >= 11 is 0. The smallest absolute Gasteiger partial charge is 0.328 e. The van der Waals surface area contributed by atoms with Crippen molar-refractivity contribution in [3.63, 3.8) is 0 Å². The molecular weight excluding hydrogens is 459 g/mol. The highest BCUT2D eigenvalue weighted by molar-refractivity contribution is 5.89. The van der Waals surface area contributed by atoms with Gasteiger partial charge >= 0.3 is 11.9 Å². The zero-order valence-electron chi connectivity index (χ0n) is 18.4. The minimum absolute atomic E-state index is 0.00129. The van der Waals surface area contributed by atoms with Crippen LogP contribution in [0.25, 0.3) is 0 Å². The SMILES string of the molecule is CC(=O)N1C[C@@H]2CCN(C(=O)CC(N)Cc3cc(F)c(F)cc3F)[C@@H]2C1.O=C(O)C=CC(=O)O. The van der Waals surface area contributed by atoms with Gasteiger partial charge in [0, 0.05) is 63.2 Å². The van der Waals surface area contributed by atoms with Crippen molar-refractivity contribution < 1.29 is 42.6 Å². The Bertz CT molecular complexity index is 971. The van der Waals surface area contributed by atoms with Crippen LogP contribution in [0.1, 0.15) is 25.3 Å². The Kier molecular flexibility index (Phi) is 9.19. The van der Waals surface area contributed by atoms with Crippen LogP contribution in [0.15, 0.2) is 24.3 Å². The van der Waals surface area contributed by atoms with E-state index in [0.717, 1.165) is 12.5 Å². The van der Waals surface area contributed by atoms with Crippen LogP contribution in [0.4, 0.5) is 13.2 Å². The maximum Gasteiger partial charge on any atom is 0.328 e. The van der Waals surface area contributed by atoms with Crippen LogP contribution in [0.3, 0.4) is 0 Å². The van der Waals surface area contributed by atoms with E-state index in [1.165, 1.54) is 6.92 Å². The molecule has 2 aliphatic heterocycles. The monoisotopic (exact) mass is 485 g/mol. The summed E-state index contributed by atoms with van der Waals surface area (Å²) in [5.74, 6) is -5.66. The number of carboxylic acid groups (broad SMARTS) is 2. The Morgan fingerprint density at radius 1 is 1.06 bits per heavy atom. The fourth-order valence-electron chi connectivity index (χ4n) is 4.09. The van der Waals surface area contributed by atoms with Crippen LogP contribution < -0.4 is 5.73 Å². The van der Waals surface area contributed by atoms with E-state index in [4.69, 9.17) is 15.9 Å². The Labute approximate surface area is 193 Å². The normalized spacial score (nSPS) is 20.0. The molecule has 0 aliphatic carbocycles. The third-order valence-corrected chi connectivity index (χ3v) is 5.69. The first-order chi connectivity index (χ1) is 15.9. The van der Waals surface area contributed by atoms with Crippen molar-refractivity contribution in [1.29, 1.82) is 0 Å². The number of carbonyl (C=O) groups excluding carboxylic acids is 2. The van der Waals surface area contributed by atoms with Gasteiger partial charge in [0.25, 0.3) is 0 Å². The number of carbonyl (C=O) groups is 4. The van der Waals surface area contributed by atoms with E-state index < -0.39 is 35.4 Å². The summed E-state index contributed by atoms with van der Waals surface area (Å²) in [6, 6.07) is 0.562. The minimum atomic E-state index is -1.26. The lowest BCUT2D eigenvalue weighted by atomic mass is 10.0. The zero-order chi connectivity index (χ0) is 25.6. The van der Waals surface area contributed by atoms with Gasteiger partial charge in [-0.2, -0.15) is 0 Å². The van der Waals surface area contributed by atoms with Gasteiger partial charge in [0.05, 0.1) is 6.04 Å². The van der Waals surface area contributed by atoms with Crippen LogP contribution >= 0.6 is 0 Å². The molecule has 2 saturated heterocycles. The van der Waals surface area contributed by atoms with Gasteiger partial charge in [0.2, 0.25) is 11.8 Å². The maximum absolute atomic E-state index is 13.7. The van der Waals surface area contributed by atoms with Crippen LogP contribution in [0.2, 0.25) is 0 Å². The molecule has 3 atom stereocenters. The second-order valence-corrected chi connectivity index (χ2v) is 8.16. The summed E-state index contributed by atoms with van der Waals surface area (Å²) in [5, 5.41) is 15.6. The molecule has 1 aromatic carbocycles. The van der Waals surface area contributed by atoms with E-state index in [-0.39, 0.29) is 42.2 Å². The highest BCUT2D eigenvalue weighted by Crippen LogP contribution is 2.32. The summed E-state index contributed by atoms with van der Waals surface area (Å²) in [7, 11) is 0. The van der Waals surface area contributed by atoms with Gasteiger partial charge in [0.15, 0.2) is 11.6 Å². The summed E-state index contributed by atoms with van der Waals surface area (Å²) in [4.78, 5) is 46.7. The summed E-state index contributed by atoms with van der Waals surface area (Å²) < 4.78 is 40.0. The van der Waals surface area contributed by atoms with Gasteiger partial charge in [-0.25, -0.2) is 22.8 Å². The van der Waals surface area contributed by atoms with E-state index >= 15 is 0 Å². The average Bonchev–Trinajstić information content (AvgIpc) is 3.32. The van der Waals surface area contributed by atoms with Gasteiger partial charge < -0.3 is 25.7 Å². The topological polar surface area (TPSA) is 141 Å². The van der Waals surface area contributed by atoms with Crippen LogP contribution in [0, 0.1) is 23.4 Å². The molecule has 3 rings (SSSR count). The van der Waals surface area contributed by atoms with E-state index in [9.17, 15) is 32.3 Å². The Balaban J connectivity index is 0.000000440. The van der Waals surface area contributed by atoms with Gasteiger partial charge in [-0.15, -0.1) is 0 Å². The Hall–Kier alpha value is -3.41. The highest BCUT2D eigenvalue weighted by atomic mass is 19.2. The molecule has 12 heteroatoms. The molecular formula is C22H26F3N3O6. The van der Waals surface area contributed by atoms with E-state index in [1.807, 2.05) is 0 Å². The number of hydrogen-bond acceptors (Lipinski definition) is 5. The number of nitrogens with zero attached hydrogens (tertiary/aromatic N) is 2. The van der Waals surface area contributed by atoms with Gasteiger partial charge in [-0.1, -0.05) is 0 Å². The number of benzene rings is 1.